The standard InChI is InChI=1S/C18H14N2S/c1-2-5-16(6-3-1)12-20-17-8-4-7-15(11-17)9-10-18-13-19-14-21-18/h1-8,11,13-14,20H,12H2. The van der Waals surface area contributed by atoms with Crippen LogP contribution >= 0.6 is 11.3 Å². The van der Waals surface area contributed by atoms with E-state index in [1.54, 1.807) is 23.0 Å². The first-order chi connectivity index (χ1) is 10.4. The Balaban J connectivity index is 1.68. The smallest absolute Gasteiger partial charge is 0.0970 e. The monoisotopic (exact) mass is 290 g/mol. The summed E-state index contributed by atoms with van der Waals surface area (Å²) in [6.45, 7) is 0.812. The van der Waals surface area contributed by atoms with Gasteiger partial charge in [-0.05, 0) is 29.7 Å². The third-order valence-corrected chi connectivity index (χ3v) is 3.65. The van der Waals surface area contributed by atoms with Gasteiger partial charge in [-0.3, -0.25) is 4.98 Å². The van der Waals surface area contributed by atoms with Crippen LogP contribution in [0.3, 0.4) is 0 Å². The molecule has 0 amide bonds. The molecule has 0 fully saturated rings. The normalized spacial score (nSPS) is 9.71. The molecule has 0 unspecified atom stereocenters. The summed E-state index contributed by atoms with van der Waals surface area (Å²) in [6, 6.07) is 18.5. The minimum Gasteiger partial charge on any atom is -0.381 e. The van der Waals surface area contributed by atoms with E-state index in [9.17, 15) is 0 Å². The summed E-state index contributed by atoms with van der Waals surface area (Å²) in [5.74, 6) is 6.29. The van der Waals surface area contributed by atoms with Gasteiger partial charge < -0.3 is 5.32 Å². The predicted octanol–water partition coefficient (Wildman–Crippen LogP) is 4.16. The van der Waals surface area contributed by atoms with Crippen molar-refractivity contribution < 1.29 is 0 Å². The van der Waals surface area contributed by atoms with Crippen LogP contribution in [0.25, 0.3) is 0 Å². The summed E-state index contributed by atoms with van der Waals surface area (Å²) in [6.07, 6.45) is 1.79. The van der Waals surface area contributed by atoms with Gasteiger partial charge in [0.2, 0.25) is 0 Å². The molecule has 2 nitrogen and oxygen atoms in total. The van der Waals surface area contributed by atoms with E-state index in [0.717, 1.165) is 22.7 Å². The summed E-state index contributed by atoms with van der Waals surface area (Å²) >= 11 is 1.55. The van der Waals surface area contributed by atoms with Gasteiger partial charge in [0.15, 0.2) is 0 Å². The molecule has 1 heterocycles. The molecule has 3 rings (SSSR count). The van der Waals surface area contributed by atoms with Crippen LogP contribution in [0.2, 0.25) is 0 Å². The SMILES string of the molecule is C(#Cc1cncs1)c1cccc(NCc2ccccc2)c1. The van der Waals surface area contributed by atoms with Crippen molar-refractivity contribution in [3.8, 4) is 11.8 Å². The topological polar surface area (TPSA) is 24.9 Å². The average molecular weight is 290 g/mol. The van der Waals surface area contributed by atoms with Crippen LogP contribution in [0.5, 0.6) is 0 Å². The van der Waals surface area contributed by atoms with Gasteiger partial charge in [0, 0.05) is 17.8 Å². The zero-order chi connectivity index (χ0) is 14.3. The highest BCUT2D eigenvalue weighted by Gasteiger charge is 1.95. The number of nitrogens with zero attached hydrogens (tertiary/aromatic N) is 1. The molecular formula is C18H14N2S. The number of rotatable bonds is 3. The lowest BCUT2D eigenvalue weighted by Crippen LogP contribution is -1.98. The van der Waals surface area contributed by atoms with E-state index < -0.39 is 0 Å². The number of thiazole rings is 1. The number of anilines is 1. The Morgan fingerprint density at radius 1 is 1.00 bits per heavy atom. The number of benzene rings is 2. The molecule has 0 radical (unpaired) electrons. The number of hydrogen-bond acceptors (Lipinski definition) is 3. The molecular weight excluding hydrogens is 276 g/mol. The maximum Gasteiger partial charge on any atom is 0.0970 e. The molecule has 1 N–H and O–H groups in total. The predicted molar refractivity (Wildman–Crippen MR) is 88.3 cm³/mol. The van der Waals surface area contributed by atoms with Gasteiger partial charge in [-0.25, -0.2) is 0 Å². The van der Waals surface area contributed by atoms with Gasteiger partial charge in [0.25, 0.3) is 0 Å². The van der Waals surface area contributed by atoms with Crippen LogP contribution < -0.4 is 5.32 Å². The van der Waals surface area contributed by atoms with E-state index in [1.807, 2.05) is 30.3 Å². The van der Waals surface area contributed by atoms with Crippen molar-refractivity contribution >= 4 is 17.0 Å². The van der Waals surface area contributed by atoms with Crippen LogP contribution in [0.4, 0.5) is 5.69 Å². The first-order valence-corrected chi connectivity index (χ1v) is 7.56. The van der Waals surface area contributed by atoms with Crippen LogP contribution in [-0.4, -0.2) is 4.98 Å². The minimum atomic E-state index is 0.812. The maximum atomic E-state index is 4.02. The van der Waals surface area contributed by atoms with Crippen molar-refractivity contribution in [1.29, 1.82) is 0 Å². The van der Waals surface area contributed by atoms with E-state index in [-0.39, 0.29) is 0 Å². The van der Waals surface area contributed by atoms with E-state index in [0.29, 0.717) is 0 Å². The summed E-state index contributed by atoms with van der Waals surface area (Å²) in [5.41, 5.74) is 5.14. The van der Waals surface area contributed by atoms with Gasteiger partial charge in [-0.1, -0.05) is 42.3 Å². The largest absolute Gasteiger partial charge is 0.381 e. The van der Waals surface area contributed by atoms with Crippen molar-refractivity contribution in [3.05, 3.63) is 82.3 Å². The zero-order valence-electron chi connectivity index (χ0n) is 11.4. The first-order valence-electron chi connectivity index (χ1n) is 6.68. The Morgan fingerprint density at radius 2 is 1.90 bits per heavy atom. The summed E-state index contributed by atoms with van der Waals surface area (Å²) in [5, 5.41) is 3.42. The Kier molecular flexibility index (Phi) is 4.30. The third kappa shape index (κ3) is 3.95. The summed E-state index contributed by atoms with van der Waals surface area (Å²) < 4.78 is 0. The molecule has 0 aliphatic carbocycles. The molecule has 0 aliphatic rings. The lowest BCUT2D eigenvalue weighted by Gasteiger charge is -2.06. The maximum absolute atomic E-state index is 4.02. The lowest BCUT2D eigenvalue weighted by molar-refractivity contribution is 1.15. The summed E-state index contributed by atoms with van der Waals surface area (Å²) in [4.78, 5) is 5.00. The fourth-order valence-corrected chi connectivity index (χ4v) is 2.39. The molecule has 1 aromatic heterocycles. The molecule has 21 heavy (non-hydrogen) atoms. The Labute approximate surface area is 128 Å². The van der Waals surface area contributed by atoms with Gasteiger partial charge in [-0.2, -0.15) is 0 Å². The summed E-state index contributed by atoms with van der Waals surface area (Å²) in [7, 11) is 0. The molecule has 0 spiro atoms. The van der Waals surface area contributed by atoms with E-state index in [4.69, 9.17) is 0 Å². The highest BCUT2D eigenvalue weighted by molar-refractivity contribution is 7.10. The highest BCUT2D eigenvalue weighted by atomic mass is 32.1. The average Bonchev–Trinajstić information content (AvgIpc) is 3.06. The second kappa shape index (κ2) is 6.74. The van der Waals surface area contributed by atoms with Gasteiger partial charge >= 0.3 is 0 Å². The second-order valence-corrected chi connectivity index (χ2v) is 5.42. The van der Waals surface area contributed by atoms with Crippen LogP contribution in [0.1, 0.15) is 16.0 Å². The molecule has 3 heteroatoms. The number of nitrogens with one attached hydrogen (secondary N) is 1. The van der Waals surface area contributed by atoms with Crippen molar-refractivity contribution in [2.75, 3.05) is 5.32 Å². The van der Waals surface area contributed by atoms with Crippen molar-refractivity contribution in [3.63, 3.8) is 0 Å². The van der Waals surface area contributed by atoms with Crippen molar-refractivity contribution in [2.24, 2.45) is 0 Å². The fourth-order valence-electron chi connectivity index (χ4n) is 1.92. The molecule has 0 atom stereocenters. The molecule has 2 aromatic carbocycles. The quantitative estimate of drug-likeness (QED) is 0.733. The van der Waals surface area contributed by atoms with Gasteiger partial charge in [0.1, 0.15) is 0 Å². The van der Waals surface area contributed by atoms with E-state index in [1.165, 1.54) is 5.56 Å². The number of aromatic nitrogens is 1. The van der Waals surface area contributed by atoms with Gasteiger partial charge in [0.05, 0.1) is 16.6 Å². The second-order valence-electron chi connectivity index (χ2n) is 4.54. The zero-order valence-corrected chi connectivity index (χ0v) is 12.2. The van der Waals surface area contributed by atoms with E-state index >= 15 is 0 Å². The number of hydrogen-bond donors (Lipinski definition) is 1. The molecule has 102 valence electrons. The Bertz CT molecular complexity index is 753. The third-order valence-electron chi connectivity index (χ3n) is 2.96. The molecule has 0 bridgehead atoms. The molecule has 0 aliphatic heterocycles. The Morgan fingerprint density at radius 3 is 2.71 bits per heavy atom. The van der Waals surface area contributed by atoms with Crippen LogP contribution in [0, 0.1) is 11.8 Å². The molecule has 3 aromatic rings. The highest BCUT2D eigenvalue weighted by Crippen LogP contribution is 2.12. The molecule has 0 saturated carbocycles. The van der Waals surface area contributed by atoms with Crippen molar-refractivity contribution in [1.82, 2.24) is 4.98 Å². The minimum absolute atomic E-state index is 0.812. The fraction of sp³-hybridized carbons (Fsp3) is 0.0556. The molecule has 0 saturated heterocycles. The van der Waals surface area contributed by atoms with Crippen LogP contribution in [-0.2, 0) is 6.54 Å². The van der Waals surface area contributed by atoms with Crippen LogP contribution in [0.15, 0.2) is 66.3 Å². The van der Waals surface area contributed by atoms with E-state index in [2.05, 4.69) is 46.4 Å². The first kappa shape index (κ1) is 13.4. The van der Waals surface area contributed by atoms with Gasteiger partial charge in [-0.15, -0.1) is 11.3 Å². The Hall–Kier alpha value is -2.57. The van der Waals surface area contributed by atoms with Crippen molar-refractivity contribution in [2.45, 2.75) is 6.54 Å². The lowest BCUT2D eigenvalue weighted by atomic mass is 10.2.